The van der Waals surface area contributed by atoms with Crippen LogP contribution in [0.2, 0.25) is 19.6 Å². The van der Waals surface area contributed by atoms with E-state index in [-0.39, 0.29) is 5.97 Å². The van der Waals surface area contributed by atoms with Gasteiger partial charge in [0.15, 0.2) is 0 Å². The quantitative estimate of drug-likeness (QED) is 0.301. The molecule has 17 heavy (non-hydrogen) atoms. The van der Waals surface area contributed by atoms with Gasteiger partial charge in [-0.15, -0.1) is 0 Å². The van der Waals surface area contributed by atoms with Crippen molar-refractivity contribution in [1.82, 2.24) is 0 Å². The van der Waals surface area contributed by atoms with Gasteiger partial charge in [0, 0.05) is 6.42 Å². The van der Waals surface area contributed by atoms with Crippen LogP contribution in [0.15, 0.2) is 11.3 Å². The summed E-state index contributed by atoms with van der Waals surface area (Å²) >= 11 is 0. The molecule has 0 N–H and O–H groups in total. The highest BCUT2D eigenvalue weighted by Gasteiger charge is 2.22. The molecule has 0 atom stereocenters. The molecular formula is C13H26O3Si. The average molecular weight is 258 g/mol. The highest BCUT2D eigenvalue weighted by molar-refractivity contribution is 6.70. The van der Waals surface area contributed by atoms with Crippen LogP contribution in [0.25, 0.3) is 0 Å². The van der Waals surface area contributed by atoms with Crippen LogP contribution >= 0.6 is 0 Å². The Labute approximate surface area is 106 Å². The van der Waals surface area contributed by atoms with Gasteiger partial charge in [-0.25, -0.2) is 4.79 Å². The van der Waals surface area contributed by atoms with Crippen molar-refractivity contribution < 1.29 is 14.0 Å². The second-order valence-electron chi connectivity index (χ2n) is 4.94. The first-order valence-corrected chi connectivity index (χ1v) is 9.84. The first-order valence-electron chi connectivity index (χ1n) is 6.43. The minimum absolute atomic E-state index is 0.225. The monoisotopic (exact) mass is 258 g/mol. The molecule has 3 nitrogen and oxygen atoms in total. The van der Waals surface area contributed by atoms with Gasteiger partial charge in [0.25, 0.3) is 0 Å². The highest BCUT2D eigenvalue weighted by atomic mass is 28.4. The predicted octanol–water partition coefficient (Wildman–Crippen LogP) is 3.87. The van der Waals surface area contributed by atoms with Crippen LogP contribution in [0.1, 0.15) is 40.0 Å². The molecule has 0 rings (SSSR count). The molecule has 0 heterocycles. The molecule has 100 valence electrons. The molecule has 0 aromatic heterocycles. The third-order valence-corrected chi connectivity index (χ3v) is 2.98. The summed E-state index contributed by atoms with van der Waals surface area (Å²) in [6.07, 6.45) is 2.45. The van der Waals surface area contributed by atoms with Crippen molar-refractivity contribution in [2.45, 2.75) is 59.7 Å². The van der Waals surface area contributed by atoms with E-state index in [1.807, 2.05) is 13.8 Å². The summed E-state index contributed by atoms with van der Waals surface area (Å²) in [4.78, 5) is 11.8. The normalized spacial score (nSPS) is 13.1. The topological polar surface area (TPSA) is 35.5 Å². The van der Waals surface area contributed by atoms with E-state index in [9.17, 15) is 4.79 Å². The Morgan fingerprint density at radius 2 is 1.71 bits per heavy atom. The number of carbonyl (C=O) groups is 1. The molecular weight excluding hydrogens is 232 g/mol. The largest absolute Gasteiger partial charge is 0.547 e. The molecule has 0 bridgehead atoms. The number of esters is 1. The van der Waals surface area contributed by atoms with Gasteiger partial charge in [-0.2, -0.15) is 0 Å². The summed E-state index contributed by atoms with van der Waals surface area (Å²) in [7, 11) is -1.67. The van der Waals surface area contributed by atoms with Crippen LogP contribution in [-0.2, 0) is 14.0 Å². The van der Waals surface area contributed by atoms with E-state index in [1.54, 1.807) is 0 Å². The van der Waals surface area contributed by atoms with Crippen molar-refractivity contribution in [3.05, 3.63) is 11.3 Å². The number of ether oxygens (including phenoxy) is 1. The van der Waals surface area contributed by atoms with E-state index in [0.717, 1.165) is 18.6 Å². The Balaban J connectivity index is 5.08. The minimum atomic E-state index is -1.67. The fourth-order valence-corrected chi connectivity index (χ4v) is 2.50. The lowest BCUT2D eigenvalue weighted by Crippen LogP contribution is -2.26. The van der Waals surface area contributed by atoms with Gasteiger partial charge in [0.05, 0.1) is 17.9 Å². The van der Waals surface area contributed by atoms with Gasteiger partial charge in [-0.05, 0) is 39.4 Å². The van der Waals surface area contributed by atoms with Crippen LogP contribution in [0.3, 0.4) is 0 Å². The number of allylic oxidation sites excluding steroid dienone is 1. The van der Waals surface area contributed by atoms with Gasteiger partial charge in [0.2, 0.25) is 8.32 Å². The standard InChI is InChI=1S/C13H26O3Si/c1-7-10-12(16-17(4,5)6)11(8-2)13(14)15-9-3/h7-10H2,1-6H3/b12-11+. The zero-order valence-electron chi connectivity index (χ0n) is 12.1. The Hall–Kier alpha value is -0.773. The van der Waals surface area contributed by atoms with Crippen LogP contribution in [0.5, 0.6) is 0 Å². The molecule has 0 aromatic rings. The zero-order chi connectivity index (χ0) is 13.5. The van der Waals surface area contributed by atoms with E-state index in [2.05, 4.69) is 26.6 Å². The van der Waals surface area contributed by atoms with Gasteiger partial charge in [-0.3, -0.25) is 0 Å². The van der Waals surface area contributed by atoms with Crippen molar-refractivity contribution in [1.29, 1.82) is 0 Å². The second kappa shape index (κ2) is 7.53. The van der Waals surface area contributed by atoms with Crippen molar-refractivity contribution in [3.8, 4) is 0 Å². The number of rotatable bonds is 7. The van der Waals surface area contributed by atoms with Gasteiger partial charge < -0.3 is 9.16 Å². The summed E-state index contributed by atoms with van der Waals surface area (Å²) in [5.41, 5.74) is 0.705. The van der Waals surface area contributed by atoms with Gasteiger partial charge in [0.1, 0.15) is 0 Å². The molecule has 0 fully saturated rings. The lowest BCUT2D eigenvalue weighted by Gasteiger charge is -2.23. The Bertz CT molecular complexity index is 277. The van der Waals surface area contributed by atoms with Crippen LogP contribution < -0.4 is 0 Å². The van der Waals surface area contributed by atoms with Crippen molar-refractivity contribution >= 4 is 14.3 Å². The van der Waals surface area contributed by atoms with Crippen molar-refractivity contribution in [2.24, 2.45) is 0 Å². The number of hydrogen-bond donors (Lipinski definition) is 0. The molecule has 4 heteroatoms. The van der Waals surface area contributed by atoms with Gasteiger partial charge in [-0.1, -0.05) is 13.8 Å². The molecule has 0 unspecified atom stereocenters. The smallest absolute Gasteiger partial charge is 0.337 e. The Morgan fingerprint density at radius 1 is 1.12 bits per heavy atom. The maximum atomic E-state index is 11.8. The number of carbonyl (C=O) groups excluding carboxylic acids is 1. The van der Waals surface area contributed by atoms with E-state index in [1.165, 1.54) is 0 Å². The van der Waals surface area contributed by atoms with Crippen molar-refractivity contribution in [2.75, 3.05) is 6.61 Å². The van der Waals surface area contributed by atoms with E-state index >= 15 is 0 Å². The predicted molar refractivity (Wildman–Crippen MR) is 73.3 cm³/mol. The van der Waals surface area contributed by atoms with Crippen molar-refractivity contribution in [3.63, 3.8) is 0 Å². The molecule has 0 aromatic carbocycles. The minimum Gasteiger partial charge on any atom is -0.547 e. The first-order chi connectivity index (χ1) is 7.85. The lowest BCUT2D eigenvalue weighted by atomic mass is 10.1. The van der Waals surface area contributed by atoms with Crippen LogP contribution in [-0.4, -0.2) is 20.9 Å². The van der Waals surface area contributed by atoms with E-state index in [4.69, 9.17) is 9.16 Å². The molecule has 0 aliphatic heterocycles. The summed E-state index contributed by atoms with van der Waals surface area (Å²) in [5.74, 6) is 0.615. The average Bonchev–Trinajstić information content (AvgIpc) is 2.17. The third kappa shape index (κ3) is 6.51. The second-order valence-corrected chi connectivity index (χ2v) is 9.37. The first kappa shape index (κ1) is 16.2. The number of hydrogen-bond acceptors (Lipinski definition) is 3. The fourth-order valence-electron chi connectivity index (χ4n) is 1.53. The maximum absolute atomic E-state index is 11.8. The molecule has 0 spiro atoms. The highest BCUT2D eigenvalue weighted by Crippen LogP contribution is 2.21. The Morgan fingerprint density at radius 3 is 2.06 bits per heavy atom. The summed E-state index contributed by atoms with van der Waals surface area (Å²) in [5, 5.41) is 0. The molecule has 0 aliphatic rings. The van der Waals surface area contributed by atoms with E-state index < -0.39 is 8.32 Å². The Kier molecular flexibility index (Phi) is 7.19. The fraction of sp³-hybridized carbons (Fsp3) is 0.769. The summed E-state index contributed by atoms with van der Waals surface area (Å²) in [6.45, 7) is 12.7. The zero-order valence-corrected chi connectivity index (χ0v) is 13.1. The lowest BCUT2D eigenvalue weighted by molar-refractivity contribution is -0.138. The van der Waals surface area contributed by atoms with Crippen LogP contribution in [0.4, 0.5) is 0 Å². The summed E-state index contributed by atoms with van der Waals surface area (Å²) < 4.78 is 11.1. The molecule has 0 radical (unpaired) electrons. The molecule has 0 saturated carbocycles. The van der Waals surface area contributed by atoms with E-state index in [0.29, 0.717) is 18.6 Å². The molecule has 0 amide bonds. The van der Waals surface area contributed by atoms with Crippen LogP contribution in [0, 0.1) is 0 Å². The third-order valence-electron chi connectivity index (χ3n) is 2.12. The molecule has 0 aliphatic carbocycles. The summed E-state index contributed by atoms with van der Waals surface area (Å²) in [6, 6.07) is 0. The van der Waals surface area contributed by atoms with Gasteiger partial charge >= 0.3 is 5.97 Å². The SMILES string of the molecule is CCC/C(O[Si](C)(C)C)=C(/CC)C(=O)OCC. The molecule has 0 saturated heterocycles. The maximum Gasteiger partial charge on any atom is 0.337 e.